The summed E-state index contributed by atoms with van der Waals surface area (Å²) < 4.78 is 9.08. The van der Waals surface area contributed by atoms with Crippen LogP contribution in [0.1, 0.15) is 19.0 Å². The molecule has 98 valence electrons. The van der Waals surface area contributed by atoms with Gasteiger partial charge in [-0.15, -0.1) is 0 Å². The zero-order chi connectivity index (χ0) is 13.0. The number of aromatic nitrogens is 4. The highest BCUT2D eigenvalue weighted by atomic mass is 16.5. The molecule has 0 atom stereocenters. The van der Waals surface area contributed by atoms with Crippen LogP contribution < -0.4 is 0 Å². The van der Waals surface area contributed by atoms with E-state index in [4.69, 9.17) is 4.74 Å². The number of imidazole rings is 1. The predicted octanol–water partition coefficient (Wildman–Crippen LogP) is 2.11. The van der Waals surface area contributed by atoms with E-state index in [0.29, 0.717) is 0 Å². The molecule has 5 heteroatoms. The fraction of sp³-hybridized carbons (Fsp3) is 0.538. The minimum absolute atomic E-state index is 0.763. The molecule has 0 aromatic carbocycles. The van der Waals surface area contributed by atoms with Gasteiger partial charge in [0.15, 0.2) is 0 Å². The van der Waals surface area contributed by atoms with Crippen LogP contribution >= 0.6 is 0 Å². The molecule has 0 unspecified atom stereocenters. The summed E-state index contributed by atoms with van der Waals surface area (Å²) in [7, 11) is 1.72. The summed E-state index contributed by atoms with van der Waals surface area (Å²) in [6.07, 6.45) is 6.95. The molecule has 2 rings (SSSR count). The van der Waals surface area contributed by atoms with Crippen LogP contribution in [0.15, 0.2) is 18.7 Å². The lowest BCUT2D eigenvalue weighted by atomic mass is 10.2. The van der Waals surface area contributed by atoms with Crippen LogP contribution in [0.2, 0.25) is 0 Å². The van der Waals surface area contributed by atoms with Gasteiger partial charge in [-0.1, -0.05) is 0 Å². The molecule has 0 saturated heterocycles. The van der Waals surface area contributed by atoms with E-state index in [1.807, 2.05) is 17.9 Å². The van der Waals surface area contributed by atoms with Crippen LogP contribution in [0.4, 0.5) is 0 Å². The van der Waals surface area contributed by atoms with Gasteiger partial charge >= 0.3 is 0 Å². The first kappa shape index (κ1) is 12.8. The van der Waals surface area contributed by atoms with E-state index < -0.39 is 0 Å². The third-order valence-electron chi connectivity index (χ3n) is 2.96. The quantitative estimate of drug-likeness (QED) is 0.735. The van der Waals surface area contributed by atoms with Crippen molar-refractivity contribution in [2.45, 2.75) is 33.4 Å². The average molecular weight is 248 g/mol. The fourth-order valence-electron chi connectivity index (χ4n) is 1.93. The van der Waals surface area contributed by atoms with Crippen molar-refractivity contribution in [2.24, 2.45) is 0 Å². The van der Waals surface area contributed by atoms with Crippen molar-refractivity contribution in [2.75, 3.05) is 13.7 Å². The molecule has 0 aliphatic heterocycles. The minimum Gasteiger partial charge on any atom is -0.385 e. The molecule has 2 heterocycles. The molecule has 0 bridgehead atoms. The number of rotatable bonds is 6. The van der Waals surface area contributed by atoms with E-state index >= 15 is 0 Å². The Labute approximate surface area is 107 Å². The Morgan fingerprint density at radius 1 is 1.33 bits per heavy atom. The normalized spacial score (nSPS) is 11.1. The molecular weight excluding hydrogens is 228 g/mol. The van der Waals surface area contributed by atoms with Gasteiger partial charge in [-0.05, 0) is 20.3 Å². The third-order valence-corrected chi connectivity index (χ3v) is 2.96. The topological polar surface area (TPSA) is 44.9 Å². The summed E-state index contributed by atoms with van der Waals surface area (Å²) in [6.45, 7) is 6.70. The Morgan fingerprint density at radius 2 is 2.17 bits per heavy atom. The lowest BCUT2D eigenvalue weighted by molar-refractivity contribution is 0.189. The largest absolute Gasteiger partial charge is 0.385 e. The second-order valence-corrected chi connectivity index (χ2v) is 4.33. The van der Waals surface area contributed by atoms with Gasteiger partial charge in [-0.3, -0.25) is 4.68 Å². The van der Waals surface area contributed by atoms with Crippen LogP contribution in [0, 0.1) is 6.92 Å². The summed E-state index contributed by atoms with van der Waals surface area (Å²) in [5, 5.41) is 4.51. The number of aryl methyl sites for hydroxylation is 3. The number of hydrogen-bond acceptors (Lipinski definition) is 3. The molecule has 0 saturated carbocycles. The maximum absolute atomic E-state index is 5.05. The average Bonchev–Trinajstić information content (AvgIpc) is 2.96. The first-order chi connectivity index (χ1) is 8.74. The number of ether oxygens (including phenoxy) is 1. The molecule has 0 spiro atoms. The fourth-order valence-corrected chi connectivity index (χ4v) is 1.93. The van der Waals surface area contributed by atoms with Crippen molar-refractivity contribution in [3.8, 4) is 11.3 Å². The van der Waals surface area contributed by atoms with E-state index in [9.17, 15) is 0 Å². The second kappa shape index (κ2) is 5.82. The van der Waals surface area contributed by atoms with Gasteiger partial charge in [-0.25, -0.2) is 4.98 Å². The van der Waals surface area contributed by atoms with Gasteiger partial charge in [0.05, 0.1) is 17.7 Å². The Morgan fingerprint density at radius 3 is 2.83 bits per heavy atom. The molecule has 2 aromatic heterocycles. The van der Waals surface area contributed by atoms with Crippen LogP contribution in [-0.4, -0.2) is 33.0 Å². The van der Waals surface area contributed by atoms with E-state index in [0.717, 1.165) is 43.1 Å². The summed E-state index contributed by atoms with van der Waals surface area (Å²) >= 11 is 0. The predicted molar refractivity (Wildman–Crippen MR) is 70.4 cm³/mol. The van der Waals surface area contributed by atoms with E-state index in [-0.39, 0.29) is 0 Å². The van der Waals surface area contributed by atoms with Crippen LogP contribution in [0.25, 0.3) is 11.3 Å². The summed E-state index contributed by atoms with van der Waals surface area (Å²) in [5.74, 6) is 0. The minimum atomic E-state index is 0.763. The molecule has 0 N–H and O–H groups in total. The van der Waals surface area contributed by atoms with Gasteiger partial charge < -0.3 is 9.30 Å². The molecule has 2 aromatic rings. The van der Waals surface area contributed by atoms with Gasteiger partial charge in [-0.2, -0.15) is 5.10 Å². The van der Waals surface area contributed by atoms with Crippen molar-refractivity contribution in [1.82, 2.24) is 19.3 Å². The lowest BCUT2D eigenvalue weighted by Crippen LogP contribution is -2.01. The Hall–Kier alpha value is -1.62. The molecule has 0 aliphatic carbocycles. The maximum atomic E-state index is 5.05. The summed E-state index contributed by atoms with van der Waals surface area (Å²) in [5.41, 5.74) is 3.13. The standard InChI is InChI=1S/C13H20N4O/c1-4-16-9-13(14-10-16)12-8-17(15-11(12)2)6-5-7-18-3/h8-10H,4-7H2,1-3H3. The summed E-state index contributed by atoms with van der Waals surface area (Å²) in [4.78, 5) is 4.41. The smallest absolute Gasteiger partial charge is 0.0953 e. The van der Waals surface area contributed by atoms with Crippen LogP contribution in [-0.2, 0) is 17.8 Å². The number of methoxy groups -OCH3 is 1. The molecule has 18 heavy (non-hydrogen) atoms. The van der Waals surface area contributed by atoms with Crippen LogP contribution in [0.3, 0.4) is 0 Å². The van der Waals surface area contributed by atoms with Crippen molar-refractivity contribution in [3.05, 3.63) is 24.4 Å². The third kappa shape index (κ3) is 2.79. The highest BCUT2D eigenvalue weighted by Crippen LogP contribution is 2.20. The monoisotopic (exact) mass is 248 g/mol. The SMILES string of the molecule is CCn1cnc(-c2cn(CCCOC)nc2C)c1. The highest BCUT2D eigenvalue weighted by Gasteiger charge is 2.09. The van der Waals surface area contributed by atoms with Crippen molar-refractivity contribution in [3.63, 3.8) is 0 Å². The number of nitrogens with zero attached hydrogens (tertiary/aromatic N) is 4. The molecule has 5 nitrogen and oxygen atoms in total. The Bertz CT molecular complexity index is 501. The maximum Gasteiger partial charge on any atom is 0.0953 e. The van der Waals surface area contributed by atoms with Gasteiger partial charge in [0, 0.05) is 44.8 Å². The molecule has 0 amide bonds. The van der Waals surface area contributed by atoms with Gasteiger partial charge in [0.1, 0.15) is 0 Å². The van der Waals surface area contributed by atoms with Crippen molar-refractivity contribution < 1.29 is 4.74 Å². The Balaban J connectivity index is 2.13. The zero-order valence-corrected chi connectivity index (χ0v) is 11.3. The van der Waals surface area contributed by atoms with Crippen molar-refractivity contribution >= 4 is 0 Å². The second-order valence-electron chi connectivity index (χ2n) is 4.33. The summed E-state index contributed by atoms with van der Waals surface area (Å²) in [6, 6.07) is 0. The lowest BCUT2D eigenvalue weighted by Gasteiger charge is -1.99. The Kier molecular flexibility index (Phi) is 4.15. The highest BCUT2D eigenvalue weighted by molar-refractivity contribution is 5.59. The molecule has 0 aliphatic rings. The van der Waals surface area contributed by atoms with Crippen LogP contribution in [0.5, 0.6) is 0 Å². The first-order valence-corrected chi connectivity index (χ1v) is 6.29. The van der Waals surface area contributed by atoms with Crippen molar-refractivity contribution in [1.29, 1.82) is 0 Å². The van der Waals surface area contributed by atoms with Gasteiger partial charge in [0.2, 0.25) is 0 Å². The van der Waals surface area contributed by atoms with E-state index in [2.05, 4.69) is 34.0 Å². The first-order valence-electron chi connectivity index (χ1n) is 6.29. The number of hydrogen-bond donors (Lipinski definition) is 0. The van der Waals surface area contributed by atoms with Gasteiger partial charge in [0.25, 0.3) is 0 Å². The molecule has 0 fully saturated rings. The molecular formula is C13H20N4O. The zero-order valence-electron chi connectivity index (χ0n) is 11.3. The molecule has 0 radical (unpaired) electrons. The van der Waals surface area contributed by atoms with E-state index in [1.54, 1.807) is 7.11 Å². The van der Waals surface area contributed by atoms with E-state index in [1.165, 1.54) is 0 Å².